The van der Waals surface area contributed by atoms with Crippen molar-refractivity contribution in [3.8, 4) is 5.75 Å². The topological polar surface area (TPSA) is 93.8 Å². The third kappa shape index (κ3) is 5.04. The zero-order valence-electron chi connectivity index (χ0n) is 12.7. The molecule has 0 aliphatic rings. The maximum atomic E-state index is 11.6. The van der Waals surface area contributed by atoms with Crippen molar-refractivity contribution in [2.45, 2.75) is 13.3 Å². The zero-order valence-corrected chi connectivity index (χ0v) is 14.3. The van der Waals surface area contributed by atoms with Crippen LogP contribution in [0.25, 0.3) is 0 Å². The number of nitro groups is 1. The summed E-state index contributed by atoms with van der Waals surface area (Å²) in [4.78, 5) is 23.4. The number of amides is 1. The number of halogens is 1. The Hall–Kier alpha value is -2.45. The molecule has 1 heterocycles. The second kappa shape index (κ2) is 8.42. The number of rotatable bonds is 7. The first kappa shape index (κ1) is 17.9. The first-order valence-electron chi connectivity index (χ1n) is 6.97. The summed E-state index contributed by atoms with van der Waals surface area (Å²) >= 11 is 7.01. The van der Waals surface area contributed by atoms with Gasteiger partial charge in [0.25, 0.3) is 11.6 Å². The lowest BCUT2D eigenvalue weighted by Gasteiger charge is -2.04. The van der Waals surface area contributed by atoms with Crippen LogP contribution in [-0.2, 0) is 11.2 Å². The molecule has 0 saturated heterocycles. The van der Waals surface area contributed by atoms with Crippen LogP contribution in [0.3, 0.4) is 0 Å². The van der Waals surface area contributed by atoms with Gasteiger partial charge in [0.1, 0.15) is 5.75 Å². The highest BCUT2D eigenvalue weighted by molar-refractivity contribution is 7.14. The van der Waals surface area contributed by atoms with Crippen LogP contribution in [0.2, 0.25) is 5.02 Å². The molecule has 7 nitrogen and oxygen atoms in total. The summed E-state index contributed by atoms with van der Waals surface area (Å²) in [5.74, 6) is 0.0722. The molecule has 126 valence electrons. The summed E-state index contributed by atoms with van der Waals surface area (Å²) in [5.41, 5.74) is 2.38. The van der Waals surface area contributed by atoms with Gasteiger partial charge in [-0.1, -0.05) is 18.5 Å². The van der Waals surface area contributed by atoms with Crippen LogP contribution in [0.15, 0.2) is 35.4 Å². The van der Waals surface area contributed by atoms with Crippen molar-refractivity contribution < 1.29 is 14.5 Å². The molecule has 0 atom stereocenters. The quantitative estimate of drug-likeness (QED) is 0.461. The number of ether oxygens (including phenoxy) is 1. The number of hydrazone groups is 1. The third-order valence-electron chi connectivity index (χ3n) is 2.89. The molecule has 0 aliphatic heterocycles. The van der Waals surface area contributed by atoms with Crippen LogP contribution in [0.4, 0.5) is 5.69 Å². The van der Waals surface area contributed by atoms with Gasteiger partial charge in [-0.3, -0.25) is 14.9 Å². The van der Waals surface area contributed by atoms with E-state index in [9.17, 15) is 14.9 Å². The molecule has 0 bridgehead atoms. The molecule has 9 heteroatoms. The number of thiophene rings is 1. The number of hydrogen-bond acceptors (Lipinski definition) is 6. The molecule has 0 radical (unpaired) electrons. The van der Waals surface area contributed by atoms with E-state index in [0.717, 1.165) is 0 Å². The van der Waals surface area contributed by atoms with E-state index < -0.39 is 10.8 Å². The average Bonchev–Trinajstić information content (AvgIpc) is 2.98. The van der Waals surface area contributed by atoms with E-state index in [1.165, 1.54) is 23.6 Å². The summed E-state index contributed by atoms with van der Waals surface area (Å²) < 4.78 is 5.27. The standard InChI is InChI=1S/C15H14ClN3O4S/c1-2-14-13(19(21)22)7-12(24-14)8-17-18-15(20)9-23-11-5-3-10(16)4-6-11/h3-8H,2,9H2,1H3,(H,18,20). The molecule has 1 aromatic carbocycles. The zero-order chi connectivity index (χ0) is 17.5. The molecule has 2 rings (SSSR count). The van der Waals surface area contributed by atoms with Gasteiger partial charge in [-0.05, 0) is 30.7 Å². The molecule has 0 spiro atoms. The van der Waals surface area contributed by atoms with Gasteiger partial charge in [0.2, 0.25) is 0 Å². The fourth-order valence-corrected chi connectivity index (χ4v) is 2.86. The van der Waals surface area contributed by atoms with Crippen molar-refractivity contribution in [2.75, 3.05) is 6.61 Å². The number of carbonyl (C=O) groups is 1. The van der Waals surface area contributed by atoms with E-state index >= 15 is 0 Å². The molecular weight excluding hydrogens is 354 g/mol. The summed E-state index contributed by atoms with van der Waals surface area (Å²) in [7, 11) is 0. The van der Waals surface area contributed by atoms with Crippen LogP contribution >= 0.6 is 22.9 Å². The van der Waals surface area contributed by atoms with E-state index in [2.05, 4.69) is 10.5 Å². The smallest absolute Gasteiger partial charge is 0.283 e. The van der Waals surface area contributed by atoms with Crippen molar-refractivity contribution in [1.29, 1.82) is 0 Å². The highest BCUT2D eigenvalue weighted by Gasteiger charge is 2.16. The van der Waals surface area contributed by atoms with Gasteiger partial charge < -0.3 is 4.74 Å². The number of benzene rings is 1. The minimum absolute atomic E-state index is 0.0707. The Morgan fingerprint density at radius 2 is 2.17 bits per heavy atom. The molecule has 2 aromatic rings. The van der Waals surface area contributed by atoms with Gasteiger partial charge in [0.05, 0.1) is 20.9 Å². The van der Waals surface area contributed by atoms with Gasteiger partial charge in [-0.25, -0.2) is 5.43 Å². The first-order valence-corrected chi connectivity index (χ1v) is 8.16. The molecule has 24 heavy (non-hydrogen) atoms. The Morgan fingerprint density at radius 3 is 2.75 bits per heavy atom. The molecule has 1 amide bonds. The van der Waals surface area contributed by atoms with Crippen molar-refractivity contribution >= 4 is 40.7 Å². The Kier molecular flexibility index (Phi) is 6.28. The van der Waals surface area contributed by atoms with Crippen LogP contribution in [0.5, 0.6) is 5.75 Å². The first-order chi connectivity index (χ1) is 11.5. The number of carbonyl (C=O) groups excluding carboxylic acids is 1. The second-order valence-electron chi connectivity index (χ2n) is 4.60. The largest absolute Gasteiger partial charge is 0.484 e. The maximum Gasteiger partial charge on any atom is 0.283 e. The highest BCUT2D eigenvalue weighted by Crippen LogP contribution is 2.28. The Labute approximate surface area is 147 Å². The fraction of sp³-hybridized carbons (Fsp3) is 0.200. The molecule has 0 unspecified atom stereocenters. The van der Waals surface area contributed by atoms with E-state index in [4.69, 9.17) is 16.3 Å². The molecule has 0 aliphatic carbocycles. The van der Waals surface area contributed by atoms with Gasteiger partial charge in [-0.2, -0.15) is 5.10 Å². The van der Waals surface area contributed by atoms with E-state index in [-0.39, 0.29) is 12.3 Å². The average molecular weight is 368 g/mol. The van der Waals surface area contributed by atoms with Crippen LogP contribution < -0.4 is 10.2 Å². The third-order valence-corrected chi connectivity index (χ3v) is 4.34. The highest BCUT2D eigenvalue weighted by atomic mass is 35.5. The minimum atomic E-state index is -0.442. The molecule has 1 aromatic heterocycles. The van der Waals surface area contributed by atoms with E-state index in [1.54, 1.807) is 24.3 Å². The number of hydrogen-bond donors (Lipinski definition) is 1. The summed E-state index contributed by atoms with van der Waals surface area (Å²) in [5, 5.41) is 15.2. The number of aryl methyl sites for hydroxylation is 1. The van der Waals surface area contributed by atoms with Gasteiger partial charge in [-0.15, -0.1) is 11.3 Å². The van der Waals surface area contributed by atoms with Gasteiger partial charge >= 0.3 is 0 Å². The van der Waals surface area contributed by atoms with Crippen LogP contribution in [0, 0.1) is 10.1 Å². The van der Waals surface area contributed by atoms with Crippen molar-refractivity contribution in [3.05, 3.63) is 55.2 Å². The summed E-state index contributed by atoms with van der Waals surface area (Å²) in [6.45, 7) is 1.64. The number of nitrogens with zero attached hydrogens (tertiary/aromatic N) is 2. The second-order valence-corrected chi connectivity index (χ2v) is 6.21. The lowest BCUT2D eigenvalue weighted by molar-refractivity contribution is -0.385. The fourth-order valence-electron chi connectivity index (χ4n) is 1.79. The Morgan fingerprint density at radius 1 is 1.46 bits per heavy atom. The van der Waals surface area contributed by atoms with Crippen molar-refractivity contribution in [1.82, 2.24) is 5.43 Å². The maximum absolute atomic E-state index is 11.6. The molecular formula is C15H14ClN3O4S. The van der Waals surface area contributed by atoms with Crippen LogP contribution in [-0.4, -0.2) is 23.7 Å². The summed E-state index contributed by atoms with van der Waals surface area (Å²) in [6.07, 6.45) is 1.94. The molecule has 1 N–H and O–H groups in total. The lowest BCUT2D eigenvalue weighted by Crippen LogP contribution is -2.24. The SMILES string of the molecule is CCc1sc(C=NNC(=O)COc2ccc(Cl)cc2)cc1[N+](=O)[O-]. The van der Waals surface area contributed by atoms with Gasteiger partial charge in [0, 0.05) is 11.1 Å². The van der Waals surface area contributed by atoms with Crippen LogP contribution in [0.1, 0.15) is 16.7 Å². The monoisotopic (exact) mass is 367 g/mol. The normalized spacial score (nSPS) is 10.8. The van der Waals surface area contributed by atoms with E-state index in [1.807, 2.05) is 6.92 Å². The number of nitrogens with one attached hydrogen (secondary N) is 1. The van der Waals surface area contributed by atoms with Crippen molar-refractivity contribution in [2.24, 2.45) is 5.10 Å². The Balaban J connectivity index is 1.86. The Bertz CT molecular complexity index is 759. The molecule has 0 saturated carbocycles. The van der Waals surface area contributed by atoms with Gasteiger partial charge in [0.15, 0.2) is 6.61 Å². The summed E-state index contributed by atoms with van der Waals surface area (Å²) in [6, 6.07) is 8.04. The minimum Gasteiger partial charge on any atom is -0.484 e. The van der Waals surface area contributed by atoms with E-state index in [0.29, 0.717) is 26.9 Å². The lowest BCUT2D eigenvalue weighted by atomic mass is 10.3. The predicted octanol–water partition coefficient (Wildman–Crippen LogP) is 3.40. The van der Waals surface area contributed by atoms with Crippen molar-refractivity contribution in [3.63, 3.8) is 0 Å². The predicted molar refractivity (Wildman–Crippen MR) is 93.0 cm³/mol. The molecule has 0 fully saturated rings.